The molecule has 4 rings (SSSR count). The third kappa shape index (κ3) is 1.59. The van der Waals surface area contributed by atoms with Crippen LogP contribution in [0.25, 0.3) is 11.5 Å². The number of hydrogen-bond acceptors (Lipinski definition) is 5. The quantitative estimate of drug-likeness (QED) is 0.729. The second kappa shape index (κ2) is 4.30. The van der Waals surface area contributed by atoms with Crippen molar-refractivity contribution in [2.24, 2.45) is 0 Å². The molecule has 0 N–H and O–H groups in total. The van der Waals surface area contributed by atoms with Crippen molar-refractivity contribution in [3.8, 4) is 11.5 Å². The molecular weight excluding hydrogens is 254 g/mol. The third-order valence-electron chi connectivity index (χ3n) is 4.06. The van der Waals surface area contributed by atoms with Gasteiger partial charge in [-0.05, 0) is 36.6 Å². The van der Waals surface area contributed by atoms with Crippen LogP contribution in [-0.4, -0.2) is 15.1 Å². The number of hydrogen-bond donors (Lipinski definition) is 0. The van der Waals surface area contributed by atoms with Gasteiger partial charge in [0.2, 0.25) is 0 Å². The van der Waals surface area contributed by atoms with Crippen molar-refractivity contribution in [2.75, 3.05) is 0 Å². The van der Waals surface area contributed by atoms with Gasteiger partial charge in [0.05, 0.1) is 17.2 Å². The smallest absolute Gasteiger partial charge is 0.261 e. The van der Waals surface area contributed by atoms with Crippen LogP contribution in [0.15, 0.2) is 52.1 Å². The Balaban J connectivity index is 1.76. The second-order valence-corrected chi connectivity index (χ2v) is 5.11. The van der Waals surface area contributed by atoms with E-state index in [2.05, 4.69) is 15.1 Å². The average molecular weight is 267 g/mol. The molecule has 0 bridgehead atoms. The summed E-state index contributed by atoms with van der Waals surface area (Å²) in [5, 5.41) is 4.19. The molecule has 0 unspecified atom stereocenters. The van der Waals surface area contributed by atoms with E-state index in [1.165, 1.54) is 12.0 Å². The predicted octanol–water partition coefficient (Wildman–Crippen LogP) is 3.19. The first-order chi connectivity index (χ1) is 9.88. The topological polar surface area (TPSA) is 65.0 Å². The minimum Gasteiger partial charge on any atom is -0.472 e. The van der Waals surface area contributed by atoms with Gasteiger partial charge < -0.3 is 8.94 Å². The lowest BCUT2D eigenvalue weighted by Crippen LogP contribution is -2.36. The molecule has 5 heteroatoms. The maximum atomic E-state index is 5.38. The van der Waals surface area contributed by atoms with E-state index in [1.54, 1.807) is 12.5 Å². The first kappa shape index (κ1) is 11.4. The van der Waals surface area contributed by atoms with Crippen molar-refractivity contribution in [2.45, 2.75) is 24.7 Å². The first-order valence-electron chi connectivity index (χ1n) is 6.66. The van der Waals surface area contributed by atoms with Crippen LogP contribution in [-0.2, 0) is 5.41 Å². The molecule has 0 saturated heterocycles. The molecule has 0 spiro atoms. The standard InChI is InChI=1S/C15H13N3O2/c1-5-15(6-1,12-2-7-16-8-3-12)14-17-13(20-18-14)11-4-9-19-10-11/h2-4,7-10H,1,5-6H2. The number of rotatable bonds is 3. The predicted molar refractivity (Wildman–Crippen MR) is 70.9 cm³/mol. The molecule has 1 fully saturated rings. The molecule has 3 aromatic heterocycles. The maximum Gasteiger partial charge on any atom is 0.261 e. The van der Waals surface area contributed by atoms with Crippen LogP contribution in [0.4, 0.5) is 0 Å². The molecule has 0 aromatic carbocycles. The average Bonchev–Trinajstić information content (AvgIpc) is 3.09. The Morgan fingerprint density at radius 1 is 1.10 bits per heavy atom. The summed E-state index contributed by atoms with van der Waals surface area (Å²) >= 11 is 0. The summed E-state index contributed by atoms with van der Waals surface area (Å²) in [5.41, 5.74) is 1.90. The fraction of sp³-hybridized carbons (Fsp3) is 0.267. The summed E-state index contributed by atoms with van der Waals surface area (Å²) in [7, 11) is 0. The molecule has 1 aliphatic carbocycles. The fourth-order valence-corrected chi connectivity index (χ4v) is 2.76. The van der Waals surface area contributed by atoms with Gasteiger partial charge in [-0.1, -0.05) is 11.6 Å². The second-order valence-electron chi connectivity index (χ2n) is 5.11. The highest BCUT2D eigenvalue weighted by atomic mass is 16.5. The van der Waals surface area contributed by atoms with Crippen LogP contribution in [0.1, 0.15) is 30.7 Å². The van der Waals surface area contributed by atoms with Gasteiger partial charge in [-0.3, -0.25) is 4.98 Å². The van der Waals surface area contributed by atoms with E-state index in [0.29, 0.717) is 5.89 Å². The lowest BCUT2D eigenvalue weighted by Gasteiger charge is -2.39. The van der Waals surface area contributed by atoms with Crippen LogP contribution in [0, 0.1) is 0 Å². The van der Waals surface area contributed by atoms with Crippen molar-refractivity contribution < 1.29 is 8.94 Å². The molecule has 1 saturated carbocycles. The Morgan fingerprint density at radius 3 is 2.60 bits per heavy atom. The van der Waals surface area contributed by atoms with Crippen LogP contribution >= 0.6 is 0 Å². The lowest BCUT2D eigenvalue weighted by molar-refractivity contribution is 0.272. The highest BCUT2D eigenvalue weighted by molar-refractivity contribution is 5.50. The molecule has 0 atom stereocenters. The van der Waals surface area contributed by atoms with Gasteiger partial charge >= 0.3 is 0 Å². The first-order valence-corrected chi connectivity index (χ1v) is 6.66. The van der Waals surface area contributed by atoms with Gasteiger partial charge in [-0.2, -0.15) is 4.98 Å². The van der Waals surface area contributed by atoms with Crippen LogP contribution < -0.4 is 0 Å². The van der Waals surface area contributed by atoms with Crippen LogP contribution in [0.5, 0.6) is 0 Å². The molecular formula is C15H13N3O2. The maximum absolute atomic E-state index is 5.38. The summed E-state index contributed by atoms with van der Waals surface area (Å²) in [6.45, 7) is 0. The van der Waals surface area contributed by atoms with Crippen molar-refractivity contribution in [1.29, 1.82) is 0 Å². The zero-order chi connectivity index (χ0) is 13.4. The van der Waals surface area contributed by atoms with Gasteiger partial charge in [0.15, 0.2) is 5.82 Å². The van der Waals surface area contributed by atoms with Gasteiger partial charge in [-0.25, -0.2) is 0 Å². The molecule has 5 nitrogen and oxygen atoms in total. The number of furan rings is 1. The largest absolute Gasteiger partial charge is 0.472 e. The summed E-state index contributed by atoms with van der Waals surface area (Å²) in [6.07, 6.45) is 10.1. The molecule has 20 heavy (non-hydrogen) atoms. The Bertz CT molecular complexity index is 700. The number of pyridine rings is 1. The van der Waals surface area contributed by atoms with Crippen LogP contribution in [0.3, 0.4) is 0 Å². The molecule has 0 aliphatic heterocycles. The molecule has 3 aromatic rings. The van der Waals surface area contributed by atoms with E-state index < -0.39 is 0 Å². The van der Waals surface area contributed by atoms with Gasteiger partial charge in [0, 0.05) is 12.4 Å². The summed E-state index contributed by atoms with van der Waals surface area (Å²) < 4.78 is 10.4. The molecule has 1 aliphatic rings. The zero-order valence-corrected chi connectivity index (χ0v) is 10.8. The Morgan fingerprint density at radius 2 is 1.95 bits per heavy atom. The fourth-order valence-electron chi connectivity index (χ4n) is 2.76. The van der Waals surface area contributed by atoms with Gasteiger partial charge in [0.25, 0.3) is 5.89 Å². The number of nitrogens with zero attached hydrogens (tertiary/aromatic N) is 3. The van der Waals surface area contributed by atoms with Gasteiger partial charge in [-0.15, -0.1) is 0 Å². The van der Waals surface area contributed by atoms with Crippen molar-refractivity contribution in [3.05, 3.63) is 54.5 Å². The Hall–Kier alpha value is -2.43. The van der Waals surface area contributed by atoms with Crippen molar-refractivity contribution >= 4 is 0 Å². The number of aromatic nitrogens is 3. The molecule has 100 valence electrons. The summed E-state index contributed by atoms with van der Waals surface area (Å²) in [5.74, 6) is 1.26. The van der Waals surface area contributed by atoms with E-state index in [9.17, 15) is 0 Å². The Kier molecular flexibility index (Phi) is 2.45. The van der Waals surface area contributed by atoms with Crippen molar-refractivity contribution in [1.82, 2.24) is 15.1 Å². The van der Waals surface area contributed by atoms with Crippen LogP contribution in [0.2, 0.25) is 0 Å². The SMILES string of the molecule is c1cc(C2(c3noc(-c4ccoc4)n3)CCC2)ccn1. The third-order valence-corrected chi connectivity index (χ3v) is 4.06. The molecule has 3 heterocycles. The molecule has 0 amide bonds. The van der Waals surface area contributed by atoms with Crippen molar-refractivity contribution in [3.63, 3.8) is 0 Å². The highest BCUT2D eigenvalue weighted by Crippen LogP contribution is 2.47. The normalized spacial score (nSPS) is 16.8. The van der Waals surface area contributed by atoms with E-state index in [4.69, 9.17) is 8.94 Å². The minimum absolute atomic E-state index is 0.117. The van der Waals surface area contributed by atoms with E-state index in [1.807, 2.05) is 30.6 Å². The summed E-state index contributed by atoms with van der Waals surface area (Å²) in [6, 6.07) is 5.89. The zero-order valence-electron chi connectivity index (χ0n) is 10.8. The monoisotopic (exact) mass is 267 g/mol. The lowest BCUT2D eigenvalue weighted by atomic mass is 9.64. The Labute approximate surface area is 115 Å². The van der Waals surface area contributed by atoms with E-state index in [-0.39, 0.29) is 5.41 Å². The highest BCUT2D eigenvalue weighted by Gasteiger charge is 2.44. The van der Waals surface area contributed by atoms with E-state index >= 15 is 0 Å². The van der Waals surface area contributed by atoms with E-state index in [0.717, 1.165) is 24.2 Å². The minimum atomic E-state index is -0.117. The summed E-state index contributed by atoms with van der Waals surface area (Å²) in [4.78, 5) is 8.65. The van der Waals surface area contributed by atoms with Gasteiger partial charge in [0.1, 0.15) is 6.26 Å². The molecule has 0 radical (unpaired) electrons.